The quantitative estimate of drug-likeness (QED) is 0.702. The molecule has 1 aromatic rings. The van der Waals surface area contributed by atoms with Gasteiger partial charge in [-0.15, -0.1) is 0 Å². The summed E-state index contributed by atoms with van der Waals surface area (Å²) in [6, 6.07) is 6.10. The van der Waals surface area contributed by atoms with Crippen LogP contribution in [0.3, 0.4) is 0 Å². The number of carbonyl (C=O) groups excluding carboxylic acids is 2. The van der Waals surface area contributed by atoms with Crippen LogP contribution in [0.1, 0.15) is 29.6 Å². The van der Waals surface area contributed by atoms with Crippen LogP contribution in [0.2, 0.25) is 0 Å². The molecule has 2 rings (SSSR count). The second kappa shape index (κ2) is 4.72. The van der Waals surface area contributed by atoms with Gasteiger partial charge in [0.2, 0.25) is 11.8 Å². The number of nitrogens with two attached hydrogens (primary N) is 1. The highest BCUT2D eigenvalue weighted by Crippen LogP contribution is 2.42. The Morgan fingerprint density at radius 1 is 1.26 bits per heavy atom. The number of aliphatic carboxylic acids is 1. The molecule has 1 aliphatic rings. The fraction of sp³-hybridized carbons (Fsp3) is 0.308. The Hall–Kier alpha value is -2.37. The van der Waals surface area contributed by atoms with E-state index in [0.29, 0.717) is 18.5 Å². The first-order valence-corrected chi connectivity index (χ1v) is 5.90. The average molecular weight is 262 g/mol. The van der Waals surface area contributed by atoms with Gasteiger partial charge in [-0.2, -0.15) is 0 Å². The van der Waals surface area contributed by atoms with Gasteiger partial charge in [-0.25, -0.2) is 0 Å². The molecule has 0 aromatic heterocycles. The molecular formula is C13H14N2O4. The molecule has 1 aliphatic carbocycles. The number of anilines is 1. The van der Waals surface area contributed by atoms with E-state index in [9.17, 15) is 14.4 Å². The van der Waals surface area contributed by atoms with Crippen molar-refractivity contribution < 1.29 is 19.5 Å². The summed E-state index contributed by atoms with van der Waals surface area (Å²) in [6.07, 6.45) is 1.40. The summed E-state index contributed by atoms with van der Waals surface area (Å²) in [7, 11) is 0. The number of nitrogens with one attached hydrogen (secondary N) is 1. The third kappa shape index (κ3) is 2.29. The summed E-state index contributed by atoms with van der Waals surface area (Å²) >= 11 is 0. The zero-order valence-corrected chi connectivity index (χ0v) is 10.2. The summed E-state index contributed by atoms with van der Waals surface area (Å²) in [5.41, 5.74) is 4.44. The number of primary amides is 1. The van der Waals surface area contributed by atoms with Gasteiger partial charge in [-0.05, 0) is 31.0 Å². The number of carboxylic acids is 1. The van der Waals surface area contributed by atoms with Gasteiger partial charge >= 0.3 is 5.97 Å². The van der Waals surface area contributed by atoms with Gasteiger partial charge in [-0.1, -0.05) is 12.5 Å². The minimum absolute atomic E-state index is 0.260. The SMILES string of the molecule is NC(=O)c1cccc(NC(=O)C2(C(=O)O)CCC2)c1. The standard InChI is InChI=1S/C13H14N2O4/c14-10(16)8-3-1-4-9(7-8)15-11(17)13(12(18)19)5-2-6-13/h1,3-4,7H,2,5-6H2,(H2,14,16)(H,15,17)(H,18,19). The number of hydrogen-bond donors (Lipinski definition) is 3. The molecule has 2 amide bonds. The Morgan fingerprint density at radius 3 is 2.42 bits per heavy atom. The van der Waals surface area contributed by atoms with E-state index in [4.69, 9.17) is 10.8 Å². The highest BCUT2D eigenvalue weighted by Gasteiger charge is 2.51. The topological polar surface area (TPSA) is 109 Å². The second-order valence-electron chi connectivity index (χ2n) is 4.64. The maximum Gasteiger partial charge on any atom is 0.319 e. The fourth-order valence-electron chi connectivity index (χ4n) is 2.07. The van der Waals surface area contributed by atoms with Crippen molar-refractivity contribution in [1.29, 1.82) is 0 Å². The molecule has 0 spiro atoms. The number of benzene rings is 1. The normalized spacial score (nSPS) is 16.2. The molecule has 6 heteroatoms. The van der Waals surface area contributed by atoms with E-state index in [1.54, 1.807) is 12.1 Å². The summed E-state index contributed by atoms with van der Waals surface area (Å²) in [6.45, 7) is 0. The number of carboxylic acid groups (broad SMARTS) is 1. The van der Waals surface area contributed by atoms with Crippen molar-refractivity contribution in [3.8, 4) is 0 Å². The molecule has 1 fully saturated rings. The van der Waals surface area contributed by atoms with Gasteiger partial charge < -0.3 is 16.2 Å². The Morgan fingerprint density at radius 2 is 1.95 bits per heavy atom. The van der Waals surface area contributed by atoms with Gasteiger partial charge in [0, 0.05) is 11.3 Å². The minimum atomic E-state index is -1.33. The molecule has 0 atom stereocenters. The zero-order valence-electron chi connectivity index (χ0n) is 10.2. The van der Waals surface area contributed by atoms with Crippen LogP contribution in [0, 0.1) is 5.41 Å². The van der Waals surface area contributed by atoms with Crippen molar-refractivity contribution in [2.75, 3.05) is 5.32 Å². The molecule has 0 heterocycles. The minimum Gasteiger partial charge on any atom is -0.480 e. The molecule has 0 bridgehead atoms. The predicted octanol–water partition coefficient (Wildman–Crippen LogP) is 0.979. The molecule has 100 valence electrons. The first-order valence-electron chi connectivity index (χ1n) is 5.90. The molecular weight excluding hydrogens is 248 g/mol. The van der Waals surface area contributed by atoms with E-state index in [1.807, 2.05) is 0 Å². The first-order chi connectivity index (χ1) is 8.95. The summed E-state index contributed by atoms with van der Waals surface area (Å²) in [5.74, 6) is -2.26. The van der Waals surface area contributed by atoms with Gasteiger partial charge in [0.1, 0.15) is 5.41 Å². The van der Waals surface area contributed by atoms with Crippen LogP contribution >= 0.6 is 0 Å². The molecule has 0 unspecified atom stereocenters. The Labute approximate surface area is 109 Å². The van der Waals surface area contributed by atoms with Crippen LogP contribution in [-0.4, -0.2) is 22.9 Å². The average Bonchev–Trinajstić information content (AvgIpc) is 2.26. The Balaban J connectivity index is 2.17. The van der Waals surface area contributed by atoms with Gasteiger partial charge in [0.25, 0.3) is 0 Å². The van der Waals surface area contributed by atoms with Gasteiger partial charge in [0.05, 0.1) is 0 Å². The lowest BCUT2D eigenvalue weighted by Crippen LogP contribution is -2.48. The molecule has 4 N–H and O–H groups in total. The van der Waals surface area contributed by atoms with Crippen LogP contribution in [0.15, 0.2) is 24.3 Å². The lowest BCUT2D eigenvalue weighted by atomic mass is 9.68. The van der Waals surface area contributed by atoms with E-state index < -0.39 is 23.2 Å². The van der Waals surface area contributed by atoms with E-state index in [2.05, 4.69) is 5.32 Å². The summed E-state index contributed by atoms with van der Waals surface area (Å²) in [5, 5.41) is 11.7. The predicted molar refractivity (Wildman–Crippen MR) is 67.5 cm³/mol. The molecule has 1 aromatic carbocycles. The molecule has 0 aliphatic heterocycles. The van der Waals surface area contributed by atoms with Crippen molar-refractivity contribution in [3.63, 3.8) is 0 Å². The second-order valence-corrected chi connectivity index (χ2v) is 4.64. The zero-order chi connectivity index (χ0) is 14.0. The van der Waals surface area contributed by atoms with E-state index in [0.717, 1.165) is 6.42 Å². The summed E-state index contributed by atoms with van der Waals surface area (Å²) < 4.78 is 0. The van der Waals surface area contributed by atoms with Crippen molar-refractivity contribution in [3.05, 3.63) is 29.8 Å². The van der Waals surface area contributed by atoms with Crippen LogP contribution in [0.5, 0.6) is 0 Å². The molecule has 0 radical (unpaired) electrons. The first kappa shape index (κ1) is 13.1. The molecule has 1 saturated carbocycles. The van der Waals surface area contributed by atoms with E-state index in [-0.39, 0.29) is 5.56 Å². The number of amides is 2. The third-order valence-corrected chi connectivity index (χ3v) is 3.46. The number of carbonyl (C=O) groups is 3. The fourth-order valence-corrected chi connectivity index (χ4v) is 2.07. The maximum absolute atomic E-state index is 12.0. The smallest absolute Gasteiger partial charge is 0.319 e. The van der Waals surface area contributed by atoms with E-state index in [1.165, 1.54) is 12.1 Å². The van der Waals surface area contributed by atoms with Crippen LogP contribution < -0.4 is 11.1 Å². The van der Waals surface area contributed by atoms with Crippen LogP contribution in [0.25, 0.3) is 0 Å². The van der Waals surface area contributed by atoms with Crippen molar-refractivity contribution in [2.24, 2.45) is 11.1 Å². The summed E-state index contributed by atoms with van der Waals surface area (Å²) in [4.78, 5) is 34.2. The van der Waals surface area contributed by atoms with Crippen molar-refractivity contribution in [2.45, 2.75) is 19.3 Å². The van der Waals surface area contributed by atoms with Crippen LogP contribution in [-0.2, 0) is 9.59 Å². The monoisotopic (exact) mass is 262 g/mol. The van der Waals surface area contributed by atoms with Gasteiger partial charge in [-0.3, -0.25) is 14.4 Å². The Kier molecular flexibility index (Phi) is 3.25. The molecule has 19 heavy (non-hydrogen) atoms. The maximum atomic E-state index is 12.0. The van der Waals surface area contributed by atoms with Gasteiger partial charge in [0.15, 0.2) is 0 Å². The third-order valence-electron chi connectivity index (χ3n) is 3.46. The number of hydrogen-bond acceptors (Lipinski definition) is 3. The van der Waals surface area contributed by atoms with E-state index >= 15 is 0 Å². The lowest BCUT2D eigenvalue weighted by Gasteiger charge is -2.35. The van der Waals surface area contributed by atoms with Crippen molar-refractivity contribution >= 4 is 23.5 Å². The Bertz CT molecular complexity index is 549. The molecule has 0 saturated heterocycles. The largest absolute Gasteiger partial charge is 0.480 e. The van der Waals surface area contributed by atoms with Crippen molar-refractivity contribution in [1.82, 2.24) is 0 Å². The number of rotatable bonds is 4. The van der Waals surface area contributed by atoms with Crippen LogP contribution in [0.4, 0.5) is 5.69 Å². The lowest BCUT2D eigenvalue weighted by molar-refractivity contribution is -0.159. The highest BCUT2D eigenvalue weighted by atomic mass is 16.4. The highest BCUT2D eigenvalue weighted by molar-refractivity contribution is 6.09. The molecule has 6 nitrogen and oxygen atoms in total.